The molecule has 0 radical (unpaired) electrons. The molecule has 1 aliphatic rings. The first-order chi connectivity index (χ1) is 12.4. The molecule has 0 bridgehead atoms. The highest BCUT2D eigenvalue weighted by Gasteiger charge is 2.38. The van der Waals surface area contributed by atoms with Gasteiger partial charge in [0.25, 0.3) is 0 Å². The van der Waals surface area contributed by atoms with Crippen molar-refractivity contribution < 1.29 is 14.3 Å². The second kappa shape index (κ2) is 9.03. The zero-order valence-corrected chi connectivity index (χ0v) is 16.0. The van der Waals surface area contributed by atoms with E-state index in [1.54, 1.807) is 7.11 Å². The number of nitrogens with one attached hydrogen (secondary N) is 2. The summed E-state index contributed by atoms with van der Waals surface area (Å²) in [4.78, 5) is 24.1. The van der Waals surface area contributed by atoms with Crippen LogP contribution in [0.25, 0.3) is 0 Å². The molecule has 1 fully saturated rings. The summed E-state index contributed by atoms with van der Waals surface area (Å²) in [6.07, 6.45) is 4.29. The average molecular weight is 361 g/mol. The molecule has 0 aliphatic heterocycles. The van der Waals surface area contributed by atoms with Crippen molar-refractivity contribution in [3.8, 4) is 5.75 Å². The maximum absolute atomic E-state index is 12.2. The van der Waals surface area contributed by atoms with Crippen LogP contribution >= 0.6 is 0 Å². The summed E-state index contributed by atoms with van der Waals surface area (Å²) in [6, 6.07) is 7.41. The second-order valence-electron chi connectivity index (χ2n) is 7.45. The van der Waals surface area contributed by atoms with Gasteiger partial charge in [-0.3, -0.25) is 9.59 Å². The van der Waals surface area contributed by atoms with Crippen molar-refractivity contribution in [3.05, 3.63) is 29.8 Å². The number of hydrogen-bond acceptors (Lipinski definition) is 4. The van der Waals surface area contributed by atoms with Gasteiger partial charge in [-0.2, -0.15) is 0 Å². The first-order valence-electron chi connectivity index (χ1n) is 9.33. The summed E-state index contributed by atoms with van der Waals surface area (Å²) < 4.78 is 5.53. The lowest BCUT2D eigenvalue weighted by Crippen LogP contribution is -2.48. The van der Waals surface area contributed by atoms with Crippen molar-refractivity contribution in [1.82, 2.24) is 10.6 Å². The van der Waals surface area contributed by atoms with Gasteiger partial charge in [-0.15, -0.1) is 0 Å². The molecule has 2 rings (SSSR count). The lowest BCUT2D eigenvalue weighted by Gasteiger charge is -2.31. The lowest BCUT2D eigenvalue weighted by molar-refractivity contribution is -0.127. The predicted molar refractivity (Wildman–Crippen MR) is 102 cm³/mol. The van der Waals surface area contributed by atoms with Crippen LogP contribution in [0, 0.1) is 5.92 Å². The van der Waals surface area contributed by atoms with Crippen LogP contribution in [0.5, 0.6) is 5.75 Å². The molecule has 1 saturated carbocycles. The van der Waals surface area contributed by atoms with E-state index in [-0.39, 0.29) is 29.7 Å². The van der Waals surface area contributed by atoms with Crippen molar-refractivity contribution in [3.63, 3.8) is 0 Å². The number of benzene rings is 1. The molecular weight excluding hydrogens is 330 g/mol. The molecule has 2 amide bonds. The molecule has 26 heavy (non-hydrogen) atoms. The Morgan fingerprint density at radius 3 is 2.46 bits per heavy atom. The molecule has 4 N–H and O–H groups in total. The molecule has 0 spiro atoms. The number of nitrogens with two attached hydrogens (primary N) is 1. The third-order valence-corrected chi connectivity index (χ3v) is 5.31. The first kappa shape index (κ1) is 20.2. The monoisotopic (exact) mass is 361 g/mol. The Bertz CT molecular complexity index is 624. The molecule has 6 heteroatoms. The van der Waals surface area contributed by atoms with Gasteiger partial charge in [0.2, 0.25) is 11.8 Å². The Hall–Kier alpha value is -2.08. The molecule has 0 saturated heterocycles. The standard InChI is InChI=1S/C20H31N3O3/c1-14(2)18(21)19(25)22-12-17(24)23-13-20(10-6-7-11-20)15-8-4-5-9-16(15)26-3/h4-5,8-9,14,18H,6-7,10-13,21H2,1-3H3,(H,22,25)(H,23,24)/t18-/m0/s1. The summed E-state index contributed by atoms with van der Waals surface area (Å²) >= 11 is 0. The molecule has 1 atom stereocenters. The topological polar surface area (TPSA) is 93.5 Å². The summed E-state index contributed by atoms with van der Waals surface area (Å²) in [5.74, 6) is 0.399. The maximum Gasteiger partial charge on any atom is 0.239 e. The van der Waals surface area contributed by atoms with Gasteiger partial charge in [-0.1, -0.05) is 44.9 Å². The van der Waals surface area contributed by atoms with Gasteiger partial charge in [-0.25, -0.2) is 0 Å². The third-order valence-electron chi connectivity index (χ3n) is 5.31. The number of carbonyl (C=O) groups is 2. The molecule has 0 heterocycles. The van der Waals surface area contributed by atoms with Crippen molar-refractivity contribution in [2.75, 3.05) is 20.2 Å². The summed E-state index contributed by atoms with van der Waals surface area (Å²) in [5, 5.41) is 5.60. The first-order valence-corrected chi connectivity index (χ1v) is 9.33. The van der Waals surface area contributed by atoms with Crippen LogP contribution in [0.1, 0.15) is 45.1 Å². The van der Waals surface area contributed by atoms with Gasteiger partial charge >= 0.3 is 0 Å². The van der Waals surface area contributed by atoms with E-state index in [9.17, 15) is 9.59 Å². The van der Waals surface area contributed by atoms with Crippen LogP contribution in [-0.2, 0) is 15.0 Å². The smallest absolute Gasteiger partial charge is 0.239 e. The van der Waals surface area contributed by atoms with E-state index in [0.29, 0.717) is 6.54 Å². The van der Waals surface area contributed by atoms with Crippen molar-refractivity contribution in [2.24, 2.45) is 11.7 Å². The largest absolute Gasteiger partial charge is 0.496 e. The minimum atomic E-state index is -0.599. The van der Waals surface area contributed by atoms with Crippen molar-refractivity contribution in [1.29, 1.82) is 0 Å². The highest BCUT2D eigenvalue weighted by molar-refractivity contribution is 5.87. The number of para-hydroxylation sites is 1. The summed E-state index contributed by atoms with van der Waals surface area (Å²) in [7, 11) is 1.67. The maximum atomic E-state index is 12.2. The number of ether oxygens (including phenoxy) is 1. The molecule has 0 aromatic heterocycles. The quantitative estimate of drug-likeness (QED) is 0.657. The Kier molecular flexibility index (Phi) is 7.03. The minimum Gasteiger partial charge on any atom is -0.496 e. The molecule has 144 valence electrons. The second-order valence-corrected chi connectivity index (χ2v) is 7.45. The Morgan fingerprint density at radius 2 is 1.85 bits per heavy atom. The van der Waals surface area contributed by atoms with E-state index in [1.807, 2.05) is 32.0 Å². The Labute approximate surface area is 155 Å². The van der Waals surface area contributed by atoms with Gasteiger partial charge in [0.05, 0.1) is 19.7 Å². The highest BCUT2D eigenvalue weighted by Crippen LogP contribution is 2.44. The van der Waals surface area contributed by atoms with Crippen LogP contribution in [0.2, 0.25) is 0 Å². The SMILES string of the molecule is COc1ccccc1C1(CNC(=O)CNC(=O)[C@@H](N)C(C)C)CCCC1. The molecule has 6 nitrogen and oxygen atoms in total. The van der Waals surface area contributed by atoms with Gasteiger partial charge in [0.15, 0.2) is 0 Å². The predicted octanol–water partition coefficient (Wildman–Crippen LogP) is 1.72. The van der Waals surface area contributed by atoms with Crippen molar-refractivity contribution in [2.45, 2.75) is 51.0 Å². The molecular formula is C20H31N3O3. The Balaban J connectivity index is 1.97. The molecule has 1 aliphatic carbocycles. The summed E-state index contributed by atoms with van der Waals surface area (Å²) in [6.45, 7) is 4.24. The van der Waals surface area contributed by atoms with Crippen LogP contribution in [-0.4, -0.2) is 38.1 Å². The lowest BCUT2D eigenvalue weighted by atomic mass is 9.78. The fourth-order valence-corrected chi connectivity index (χ4v) is 3.59. The van der Waals surface area contributed by atoms with Crippen LogP contribution in [0.4, 0.5) is 0 Å². The van der Waals surface area contributed by atoms with Gasteiger partial charge < -0.3 is 21.1 Å². The fraction of sp³-hybridized carbons (Fsp3) is 0.600. The summed E-state index contributed by atoms with van der Waals surface area (Å²) in [5.41, 5.74) is 6.83. The Morgan fingerprint density at radius 1 is 1.19 bits per heavy atom. The zero-order chi connectivity index (χ0) is 19.2. The minimum absolute atomic E-state index is 0.0327. The van der Waals surface area contributed by atoms with Gasteiger partial charge in [0.1, 0.15) is 5.75 Å². The number of amides is 2. The van der Waals surface area contributed by atoms with Crippen LogP contribution in [0.15, 0.2) is 24.3 Å². The van der Waals surface area contributed by atoms with E-state index in [0.717, 1.165) is 37.0 Å². The van der Waals surface area contributed by atoms with E-state index in [2.05, 4.69) is 16.7 Å². The van der Waals surface area contributed by atoms with E-state index in [4.69, 9.17) is 10.5 Å². The number of rotatable bonds is 8. The normalized spacial score (nSPS) is 17.0. The van der Waals surface area contributed by atoms with E-state index in [1.165, 1.54) is 0 Å². The molecule has 1 aromatic rings. The van der Waals surface area contributed by atoms with E-state index >= 15 is 0 Å². The number of carbonyl (C=O) groups excluding carboxylic acids is 2. The van der Waals surface area contributed by atoms with Crippen LogP contribution < -0.4 is 21.1 Å². The van der Waals surface area contributed by atoms with Crippen molar-refractivity contribution >= 4 is 11.8 Å². The average Bonchev–Trinajstić information content (AvgIpc) is 3.13. The molecule has 1 aromatic carbocycles. The van der Waals surface area contributed by atoms with Crippen LogP contribution in [0.3, 0.4) is 0 Å². The highest BCUT2D eigenvalue weighted by atomic mass is 16.5. The third kappa shape index (κ3) is 4.75. The zero-order valence-electron chi connectivity index (χ0n) is 16.0. The number of methoxy groups -OCH3 is 1. The molecule has 0 unspecified atom stereocenters. The van der Waals surface area contributed by atoms with E-state index < -0.39 is 6.04 Å². The van der Waals surface area contributed by atoms with Gasteiger partial charge in [0, 0.05) is 17.5 Å². The number of hydrogen-bond donors (Lipinski definition) is 3. The fourth-order valence-electron chi connectivity index (χ4n) is 3.59. The van der Waals surface area contributed by atoms with Gasteiger partial charge in [-0.05, 0) is 24.8 Å².